The maximum atomic E-state index is 12.2. The first-order valence-corrected chi connectivity index (χ1v) is 6.63. The van der Waals surface area contributed by atoms with Gasteiger partial charge in [0, 0.05) is 19.3 Å². The average Bonchev–Trinajstić information content (AvgIpc) is 3.14. The van der Waals surface area contributed by atoms with Gasteiger partial charge in [0.05, 0.1) is 5.92 Å². The molecule has 2 heterocycles. The van der Waals surface area contributed by atoms with Crippen LogP contribution < -0.4 is 0 Å². The van der Waals surface area contributed by atoms with Gasteiger partial charge in [0.2, 0.25) is 0 Å². The van der Waals surface area contributed by atoms with E-state index in [2.05, 4.69) is 4.98 Å². The standard InChI is InChI=1S/C14H16N2O3/c17-13(16-6-5-11(8-16)14(18)19)12-4-3-10(7-15-12)9-1-2-9/h3-4,7,9,11H,1-2,5-6,8H2,(H,18,19). The van der Waals surface area contributed by atoms with Crippen LogP contribution in [-0.2, 0) is 4.79 Å². The SMILES string of the molecule is O=C(O)C1CCN(C(=O)c2ccc(C3CC3)cn2)C1. The van der Waals surface area contributed by atoms with Crippen molar-refractivity contribution in [1.82, 2.24) is 9.88 Å². The van der Waals surface area contributed by atoms with Gasteiger partial charge in [-0.1, -0.05) is 6.07 Å². The monoisotopic (exact) mass is 260 g/mol. The first-order valence-electron chi connectivity index (χ1n) is 6.63. The minimum atomic E-state index is -0.827. The largest absolute Gasteiger partial charge is 0.481 e. The molecular weight excluding hydrogens is 244 g/mol. The molecule has 0 radical (unpaired) electrons. The molecule has 0 aromatic carbocycles. The minimum absolute atomic E-state index is 0.161. The molecule has 1 aromatic heterocycles. The molecule has 2 fully saturated rings. The summed E-state index contributed by atoms with van der Waals surface area (Å²) < 4.78 is 0. The van der Waals surface area contributed by atoms with E-state index in [1.165, 1.54) is 18.4 Å². The molecule has 1 aromatic rings. The Labute approximate surface area is 111 Å². The number of carbonyl (C=O) groups is 2. The molecule has 0 spiro atoms. The number of amides is 1. The zero-order valence-electron chi connectivity index (χ0n) is 10.6. The number of carbonyl (C=O) groups excluding carboxylic acids is 1. The van der Waals surface area contributed by atoms with Gasteiger partial charge < -0.3 is 10.0 Å². The number of carboxylic acids is 1. The lowest BCUT2D eigenvalue weighted by Gasteiger charge is -2.15. The van der Waals surface area contributed by atoms with Crippen LogP contribution in [0.1, 0.15) is 41.2 Å². The first-order chi connectivity index (χ1) is 9.15. The van der Waals surface area contributed by atoms with Crippen molar-refractivity contribution in [3.63, 3.8) is 0 Å². The molecular formula is C14H16N2O3. The summed E-state index contributed by atoms with van der Waals surface area (Å²) in [7, 11) is 0. The predicted molar refractivity (Wildman–Crippen MR) is 67.9 cm³/mol. The molecule has 2 aliphatic rings. The van der Waals surface area contributed by atoms with Crippen molar-refractivity contribution in [2.45, 2.75) is 25.2 Å². The van der Waals surface area contributed by atoms with E-state index in [1.54, 1.807) is 17.2 Å². The van der Waals surface area contributed by atoms with Crippen LogP contribution in [0.5, 0.6) is 0 Å². The van der Waals surface area contributed by atoms with Gasteiger partial charge in [0.15, 0.2) is 0 Å². The molecule has 1 saturated carbocycles. The fourth-order valence-corrected chi connectivity index (χ4v) is 2.50. The van der Waals surface area contributed by atoms with Crippen molar-refractivity contribution < 1.29 is 14.7 Å². The molecule has 1 saturated heterocycles. The number of likely N-dealkylation sites (tertiary alicyclic amines) is 1. The Morgan fingerprint density at radius 3 is 2.58 bits per heavy atom. The molecule has 1 aliphatic carbocycles. The molecule has 5 nitrogen and oxygen atoms in total. The first kappa shape index (κ1) is 12.1. The molecule has 1 amide bonds. The third-order valence-electron chi connectivity index (χ3n) is 3.88. The predicted octanol–water partition coefficient (Wildman–Crippen LogP) is 1.51. The second kappa shape index (κ2) is 4.64. The Kier molecular flexibility index (Phi) is 2.97. The molecule has 1 atom stereocenters. The van der Waals surface area contributed by atoms with Gasteiger partial charge >= 0.3 is 5.97 Å². The topological polar surface area (TPSA) is 70.5 Å². The van der Waals surface area contributed by atoms with Crippen molar-refractivity contribution in [1.29, 1.82) is 0 Å². The number of pyridine rings is 1. The van der Waals surface area contributed by atoms with Crippen LogP contribution in [0.15, 0.2) is 18.3 Å². The quantitative estimate of drug-likeness (QED) is 0.894. The minimum Gasteiger partial charge on any atom is -0.481 e. The molecule has 3 rings (SSSR count). The number of rotatable bonds is 3. The van der Waals surface area contributed by atoms with Crippen molar-refractivity contribution in [2.75, 3.05) is 13.1 Å². The Bertz CT molecular complexity index is 508. The van der Waals surface area contributed by atoms with E-state index < -0.39 is 11.9 Å². The van der Waals surface area contributed by atoms with Crippen LogP contribution in [-0.4, -0.2) is 40.0 Å². The summed E-state index contributed by atoms with van der Waals surface area (Å²) in [5.74, 6) is -0.798. The number of aliphatic carboxylic acids is 1. The lowest BCUT2D eigenvalue weighted by molar-refractivity contribution is -0.141. The van der Waals surface area contributed by atoms with E-state index in [0.29, 0.717) is 31.1 Å². The smallest absolute Gasteiger partial charge is 0.308 e. The van der Waals surface area contributed by atoms with Gasteiger partial charge in [0.1, 0.15) is 5.69 Å². The number of carboxylic acid groups (broad SMARTS) is 1. The van der Waals surface area contributed by atoms with E-state index >= 15 is 0 Å². The van der Waals surface area contributed by atoms with Crippen LogP contribution in [0.3, 0.4) is 0 Å². The van der Waals surface area contributed by atoms with Crippen molar-refractivity contribution in [3.8, 4) is 0 Å². The molecule has 5 heteroatoms. The van der Waals surface area contributed by atoms with Crippen LogP contribution in [0, 0.1) is 5.92 Å². The molecule has 0 bridgehead atoms. The maximum absolute atomic E-state index is 12.2. The van der Waals surface area contributed by atoms with E-state index in [-0.39, 0.29) is 5.91 Å². The van der Waals surface area contributed by atoms with Crippen molar-refractivity contribution in [2.24, 2.45) is 5.92 Å². The van der Waals surface area contributed by atoms with Crippen LogP contribution >= 0.6 is 0 Å². The number of hydrogen-bond donors (Lipinski definition) is 1. The van der Waals surface area contributed by atoms with Gasteiger partial charge in [-0.3, -0.25) is 14.6 Å². The van der Waals surface area contributed by atoms with Gasteiger partial charge in [-0.2, -0.15) is 0 Å². The summed E-state index contributed by atoms with van der Waals surface area (Å²) in [6.07, 6.45) is 4.72. The fourth-order valence-electron chi connectivity index (χ4n) is 2.50. The summed E-state index contributed by atoms with van der Waals surface area (Å²) in [6, 6.07) is 3.72. The third kappa shape index (κ3) is 2.45. The number of nitrogens with zero attached hydrogens (tertiary/aromatic N) is 2. The second-order valence-electron chi connectivity index (χ2n) is 5.33. The lowest BCUT2D eigenvalue weighted by atomic mass is 10.1. The van der Waals surface area contributed by atoms with E-state index in [4.69, 9.17) is 5.11 Å². The zero-order chi connectivity index (χ0) is 13.4. The Morgan fingerprint density at radius 1 is 1.26 bits per heavy atom. The van der Waals surface area contributed by atoms with Gasteiger partial charge in [0.25, 0.3) is 5.91 Å². The molecule has 1 unspecified atom stereocenters. The van der Waals surface area contributed by atoms with Crippen LogP contribution in [0.25, 0.3) is 0 Å². The summed E-state index contributed by atoms with van der Waals surface area (Å²) in [5, 5.41) is 8.93. The highest BCUT2D eigenvalue weighted by Crippen LogP contribution is 2.39. The van der Waals surface area contributed by atoms with Gasteiger partial charge in [-0.05, 0) is 36.8 Å². The van der Waals surface area contributed by atoms with E-state index in [9.17, 15) is 9.59 Å². The van der Waals surface area contributed by atoms with Crippen molar-refractivity contribution >= 4 is 11.9 Å². The molecule has 19 heavy (non-hydrogen) atoms. The summed E-state index contributed by atoms with van der Waals surface area (Å²) >= 11 is 0. The lowest BCUT2D eigenvalue weighted by Crippen LogP contribution is -2.30. The second-order valence-corrected chi connectivity index (χ2v) is 5.33. The van der Waals surface area contributed by atoms with E-state index in [0.717, 1.165) is 0 Å². The summed E-state index contributed by atoms with van der Waals surface area (Å²) in [4.78, 5) is 28.9. The van der Waals surface area contributed by atoms with E-state index in [1.807, 2.05) is 6.07 Å². The van der Waals surface area contributed by atoms with Crippen LogP contribution in [0.2, 0.25) is 0 Å². The highest BCUT2D eigenvalue weighted by molar-refractivity contribution is 5.93. The highest BCUT2D eigenvalue weighted by atomic mass is 16.4. The summed E-state index contributed by atoms with van der Waals surface area (Å²) in [6.45, 7) is 0.794. The van der Waals surface area contributed by atoms with Crippen molar-refractivity contribution in [3.05, 3.63) is 29.6 Å². The van der Waals surface area contributed by atoms with Crippen LogP contribution in [0.4, 0.5) is 0 Å². The number of hydrogen-bond acceptors (Lipinski definition) is 3. The summed E-state index contributed by atoms with van der Waals surface area (Å²) in [5.41, 5.74) is 1.61. The number of aromatic nitrogens is 1. The Hall–Kier alpha value is -1.91. The highest BCUT2D eigenvalue weighted by Gasteiger charge is 2.32. The molecule has 1 N–H and O–H groups in total. The Balaban J connectivity index is 1.68. The molecule has 100 valence electrons. The maximum Gasteiger partial charge on any atom is 0.308 e. The molecule has 1 aliphatic heterocycles. The van der Waals surface area contributed by atoms with Gasteiger partial charge in [-0.25, -0.2) is 0 Å². The van der Waals surface area contributed by atoms with Gasteiger partial charge in [-0.15, -0.1) is 0 Å². The zero-order valence-corrected chi connectivity index (χ0v) is 10.6. The third-order valence-corrected chi connectivity index (χ3v) is 3.88. The fraction of sp³-hybridized carbons (Fsp3) is 0.500. The normalized spacial score (nSPS) is 22.5. The average molecular weight is 260 g/mol. The Morgan fingerprint density at radius 2 is 2.05 bits per heavy atom.